The highest BCUT2D eigenvalue weighted by Gasteiger charge is 2.25. The van der Waals surface area contributed by atoms with Crippen LogP contribution >= 0.6 is 0 Å². The minimum atomic E-state index is 0.227. The van der Waals surface area contributed by atoms with Gasteiger partial charge in [-0.25, -0.2) is 0 Å². The molecule has 0 amide bonds. The summed E-state index contributed by atoms with van der Waals surface area (Å²) in [5, 5.41) is 3.46. The Morgan fingerprint density at radius 1 is 1.12 bits per heavy atom. The number of hydrogen-bond acceptors (Lipinski definition) is 5. The van der Waals surface area contributed by atoms with Gasteiger partial charge in [0.1, 0.15) is 5.82 Å². The second-order valence-corrected chi connectivity index (χ2v) is 6.35. The molecular weight excluding hydrogens is 298 g/mol. The number of aryl methyl sites for hydroxylation is 2. The van der Waals surface area contributed by atoms with E-state index >= 15 is 0 Å². The Bertz CT molecular complexity index is 709. The van der Waals surface area contributed by atoms with Gasteiger partial charge in [-0.2, -0.15) is 15.0 Å². The molecule has 130 valence electrons. The quantitative estimate of drug-likeness (QED) is 0.878. The molecule has 5 nitrogen and oxygen atoms in total. The third kappa shape index (κ3) is 3.66. The van der Waals surface area contributed by atoms with Crippen LogP contribution in [-0.4, -0.2) is 15.0 Å². The molecule has 5 heteroatoms. The summed E-state index contributed by atoms with van der Waals surface area (Å²) in [5.41, 5.74) is 11.3. The second-order valence-electron chi connectivity index (χ2n) is 6.35. The van der Waals surface area contributed by atoms with Gasteiger partial charge < -0.3 is 11.1 Å². The van der Waals surface area contributed by atoms with E-state index in [2.05, 4.69) is 60.1 Å². The van der Waals surface area contributed by atoms with Crippen molar-refractivity contribution in [2.24, 2.45) is 0 Å². The van der Waals surface area contributed by atoms with Crippen molar-refractivity contribution in [2.45, 2.75) is 66.3 Å². The number of nitrogens with zero attached hydrogens (tertiary/aromatic N) is 3. The Morgan fingerprint density at radius 3 is 2.50 bits per heavy atom. The summed E-state index contributed by atoms with van der Waals surface area (Å²) in [6.45, 7) is 12.5. The number of anilines is 2. The lowest BCUT2D eigenvalue weighted by Gasteiger charge is -2.18. The summed E-state index contributed by atoms with van der Waals surface area (Å²) in [6.07, 6.45) is 2.15. The van der Waals surface area contributed by atoms with Crippen LogP contribution in [-0.2, 0) is 6.42 Å². The molecule has 0 saturated carbocycles. The average molecular weight is 327 g/mol. The number of nitrogens with one attached hydrogen (secondary N) is 1. The third-order valence-electron chi connectivity index (χ3n) is 4.42. The van der Waals surface area contributed by atoms with E-state index in [1.165, 1.54) is 22.3 Å². The molecule has 0 bridgehead atoms. The van der Waals surface area contributed by atoms with Crippen LogP contribution < -0.4 is 11.1 Å². The van der Waals surface area contributed by atoms with Crippen molar-refractivity contribution in [1.82, 2.24) is 15.0 Å². The van der Waals surface area contributed by atoms with Crippen LogP contribution in [0.2, 0.25) is 0 Å². The van der Waals surface area contributed by atoms with E-state index < -0.39 is 0 Å². The summed E-state index contributed by atoms with van der Waals surface area (Å²) in [7, 11) is 0. The van der Waals surface area contributed by atoms with Crippen molar-refractivity contribution in [1.29, 1.82) is 0 Å². The van der Waals surface area contributed by atoms with Gasteiger partial charge in [0.25, 0.3) is 0 Å². The maximum absolute atomic E-state index is 5.82. The average Bonchev–Trinajstić information content (AvgIpc) is 2.96. The first kappa shape index (κ1) is 18.2. The van der Waals surface area contributed by atoms with E-state index in [1.54, 1.807) is 0 Å². The van der Waals surface area contributed by atoms with Crippen molar-refractivity contribution in [2.75, 3.05) is 11.1 Å². The van der Waals surface area contributed by atoms with E-state index in [-0.39, 0.29) is 17.9 Å². The fourth-order valence-electron chi connectivity index (χ4n) is 3.07. The predicted molar refractivity (Wildman–Crippen MR) is 100 cm³/mol. The monoisotopic (exact) mass is 327 g/mol. The lowest BCUT2D eigenvalue weighted by atomic mass is 9.98. The summed E-state index contributed by atoms with van der Waals surface area (Å²) in [6, 6.07) is 4.69. The summed E-state index contributed by atoms with van der Waals surface area (Å²) in [5.74, 6) is 1.82. The first-order valence-electron chi connectivity index (χ1n) is 8.82. The zero-order valence-electron chi connectivity index (χ0n) is 15.6. The lowest BCUT2D eigenvalue weighted by Crippen LogP contribution is -2.14. The van der Waals surface area contributed by atoms with Gasteiger partial charge in [-0.05, 0) is 48.9 Å². The standard InChI is InChI=1S/C17H23N5.C2H6/c1-9(2)15-20-16(18)22-17(21-15)19-13-8-7-12-6-5-10(3)11(4)14(12)13;1-2/h5-6,9,13H,7-8H2,1-4H3,(H3,18,19,20,21,22);1-2H3. The lowest BCUT2D eigenvalue weighted by molar-refractivity contribution is 0.726. The first-order valence-corrected chi connectivity index (χ1v) is 8.82. The topological polar surface area (TPSA) is 76.7 Å². The molecule has 3 rings (SSSR count). The maximum Gasteiger partial charge on any atom is 0.228 e. The highest BCUT2D eigenvalue weighted by molar-refractivity contribution is 5.48. The molecule has 1 aliphatic rings. The number of aromatic nitrogens is 3. The Kier molecular flexibility index (Phi) is 5.75. The van der Waals surface area contributed by atoms with Crippen molar-refractivity contribution in [3.05, 3.63) is 40.2 Å². The molecule has 1 aliphatic carbocycles. The molecule has 1 heterocycles. The van der Waals surface area contributed by atoms with Gasteiger partial charge in [-0.1, -0.05) is 39.8 Å². The van der Waals surface area contributed by atoms with Gasteiger partial charge in [0.2, 0.25) is 11.9 Å². The van der Waals surface area contributed by atoms with Crippen molar-refractivity contribution >= 4 is 11.9 Å². The minimum Gasteiger partial charge on any atom is -0.368 e. The van der Waals surface area contributed by atoms with Crippen LogP contribution in [0.3, 0.4) is 0 Å². The van der Waals surface area contributed by atoms with Gasteiger partial charge in [-0.3, -0.25) is 0 Å². The number of rotatable bonds is 3. The molecule has 2 aromatic rings. The van der Waals surface area contributed by atoms with Gasteiger partial charge in [0.15, 0.2) is 0 Å². The predicted octanol–water partition coefficient (Wildman–Crippen LogP) is 4.32. The summed E-state index contributed by atoms with van der Waals surface area (Å²) >= 11 is 0. The Labute approximate surface area is 145 Å². The molecule has 0 saturated heterocycles. The molecular formula is C19H29N5. The number of nitrogen functional groups attached to an aromatic ring is 1. The molecule has 3 N–H and O–H groups in total. The van der Waals surface area contributed by atoms with Gasteiger partial charge >= 0.3 is 0 Å². The number of nitrogens with two attached hydrogens (primary N) is 1. The van der Waals surface area contributed by atoms with Crippen LogP contribution in [0.1, 0.15) is 74.2 Å². The van der Waals surface area contributed by atoms with Crippen molar-refractivity contribution in [3.63, 3.8) is 0 Å². The minimum absolute atomic E-state index is 0.227. The molecule has 24 heavy (non-hydrogen) atoms. The number of hydrogen-bond donors (Lipinski definition) is 2. The Balaban J connectivity index is 0.00000100. The second kappa shape index (κ2) is 7.60. The third-order valence-corrected chi connectivity index (χ3v) is 4.42. The number of fused-ring (bicyclic) bond motifs is 1. The smallest absolute Gasteiger partial charge is 0.228 e. The molecule has 1 atom stereocenters. The molecule has 1 aromatic carbocycles. The Morgan fingerprint density at radius 2 is 1.83 bits per heavy atom. The highest BCUT2D eigenvalue weighted by atomic mass is 15.2. The van der Waals surface area contributed by atoms with E-state index in [0.717, 1.165) is 18.7 Å². The van der Waals surface area contributed by atoms with E-state index in [4.69, 9.17) is 5.73 Å². The fourth-order valence-corrected chi connectivity index (χ4v) is 3.07. The van der Waals surface area contributed by atoms with Crippen LogP contribution in [0.25, 0.3) is 0 Å². The van der Waals surface area contributed by atoms with Gasteiger partial charge in [0, 0.05) is 5.92 Å². The Hall–Kier alpha value is -2.17. The highest BCUT2D eigenvalue weighted by Crippen LogP contribution is 2.36. The molecule has 0 radical (unpaired) electrons. The van der Waals surface area contributed by atoms with Gasteiger partial charge in [0.05, 0.1) is 6.04 Å². The summed E-state index contributed by atoms with van der Waals surface area (Å²) < 4.78 is 0. The van der Waals surface area contributed by atoms with Crippen LogP contribution in [0.5, 0.6) is 0 Å². The molecule has 0 fully saturated rings. The van der Waals surface area contributed by atoms with Crippen LogP contribution in [0, 0.1) is 13.8 Å². The van der Waals surface area contributed by atoms with Crippen LogP contribution in [0.4, 0.5) is 11.9 Å². The van der Waals surface area contributed by atoms with Gasteiger partial charge in [-0.15, -0.1) is 0 Å². The largest absolute Gasteiger partial charge is 0.368 e. The van der Waals surface area contributed by atoms with E-state index in [0.29, 0.717) is 5.95 Å². The molecule has 1 unspecified atom stereocenters. The molecule has 0 spiro atoms. The van der Waals surface area contributed by atoms with Crippen molar-refractivity contribution < 1.29 is 0 Å². The zero-order chi connectivity index (χ0) is 17.9. The van der Waals surface area contributed by atoms with Crippen molar-refractivity contribution in [3.8, 4) is 0 Å². The normalized spacial score (nSPS) is 15.7. The summed E-state index contributed by atoms with van der Waals surface area (Å²) in [4.78, 5) is 13.0. The number of benzene rings is 1. The van der Waals surface area contributed by atoms with E-state index in [1.807, 2.05) is 13.8 Å². The molecule has 1 aromatic heterocycles. The maximum atomic E-state index is 5.82. The zero-order valence-corrected chi connectivity index (χ0v) is 15.6. The van der Waals surface area contributed by atoms with Crippen LogP contribution in [0.15, 0.2) is 12.1 Å². The fraction of sp³-hybridized carbons (Fsp3) is 0.526. The first-order chi connectivity index (χ1) is 11.5. The SMILES string of the molecule is CC.Cc1ccc2c(c1C)C(Nc1nc(N)nc(C(C)C)n1)CC2. The molecule has 0 aliphatic heterocycles. The van der Waals surface area contributed by atoms with E-state index in [9.17, 15) is 0 Å².